The van der Waals surface area contributed by atoms with Gasteiger partial charge in [-0.15, -0.1) is 0 Å². The monoisotopic (exact) mass is 285 g/mol. The lowest BCUT2D eigenvalue weighted by molar-refractivity contribution is 0.169. The molecule has 2 aromatic heterocycles. The highest BCUT2D eigenvalue weighted by Crippen LogP contribution is 2.33. The molecule has 0 bridgehead atoms. The Labute approximate surface area is 127 Å². The van der Waals surface area contributed by atoms with Crippen LogP contribution in [0.15, 0.2) is 30.6 Å². The van der Waals surface area contributed by atoms with E-state index in [-0.39, 0.29) is 0 Å². The smallest absolute Gasteiger partial charge is 0.0706 e. The van der Waals surface area contributed by atoms with Crippen LogP contribution in [0.3, 0.4) is 0 Å². The quantitative estimate of drug-likeness (QED) is 0.923. The van der Waals surface area contributed by atoms with E-state index in [1.165, 1.54) is 30.3 Å². The molecule has 0 spiro atoms. The second-order valence-electron chi connectivity index (χ2n) is 7.01. The van der Waals surface area contributed by atoms with E-state index in [4.69, 9.17) is 0 Å². The van der Waals surface area contributed by atoms with Crippen molar-refractivity contribution in [3.05, 3.63) is 36.2 Å². The Balaban J connectivity index is 1.70. The zero-order valence-corrected chi connectivity index (χ0v) is 13.4. The molecule has 3 rings (SSSR count). The van der Waals surface area contributed by atoms with Gasteiger partial charge in [0.1, 0.15) is 0 Å². The average Bonchev–Trinajstić information content (AvgIpc) is 2.88. The largest absolute Gasteiger partial charge is 0.309 e. The van der Waals surface area contributed by atoms with Crippen molar-refractivity contribution in [3.8, 4) is 0 Å². The van der Waals surface area contributed by atoms with Gasteiger partial charge < -0.3 is 5.32 Å². The normalized spacial score (nSPS) is 26.6. The molecule has 3 nitrogen and oxygen atoms in total. The summed E-state index contributed by atoms with van der Waals surface area (Å²) in [6.45, 7) is 8.05. The maximum absolute atomic E-state index is 4.43. The summed E-state index contributed by atoms with van der Waals surface area (Å²) in [5.74, 6) is 2.42. The molecule has 0 aliphatic heterocycles. The first-order valence-corrected chi connectivity index (χ1v) is 8.29. The van der Waals surface area contributed by atoms with Crippen LogP contribution in [0.1, 0.15) is 45.6 Å². The SMILES string of the molecule is CC1CCC(C(C)C)C(NCc2cnn3ccccc23)C1. The van der Waals surface area contributed by atoms with E-state index >= 15 is 0 Å². The third kappa shape index (κ3) is 3.13. The first kappa shape index (κ1) is 14.6. The fourth-order valence-corrected chi connectivity index (χ4v) is 3.80. The Bertz CT molecular complexity index is 587. The standard InChI is InChI=1S/C18H27N3/c1-13(2)16-8-7-14(3)10-17(16)19-11-15-12-20-21-9-5-4-6-18(15)21/h4-6,9,12-14,16-17,19H,7-8,10-11H2,1-3H3. The van der Waals surface area contributed by atoms with Gasteiger partial charge in [-0.2, -0.15) is 5.10 Å². The highest BCUT2D eigenvalue weighted by Gasteiger charge is 2.30. The number of hydrogen-bond acceptors (Lipinski definition) is 2. The van der Waals surface area contributed by atoms with Gasteiger partial charge in [0.25, 0.3) is 0 Å². The third-order valence-corrected chi connectivity index (χ3v) is 5.08. The van der Waals surface area contributed by atoms with Gasteiger partial charge in [0, 0.05) is 24.3 Å². The van der Waals surface area contributed by atoms with Crippen LogP contribution in [0.4, 0.5) is 0 Å². The van der Waals surface area contributed by atoms with E-state index in [0.29, 0.717) is 6.04 Å². The molecule has 1 N–H and O–H groups in total. The number of rotatable bonds is 4. The van der Waals surface area contributed by atoms with Gasteiger partial charge >= 0.3 is 0 Å². The molecule has 0 saturated heterocycles. The number of nitrogens with one attached hydrogen (secondary N) is 1. The zero-order chi connectivity index (χ0) is 14.8. The lowest BCUT2D eigenvalue weighted by Gasteiger charge is -2.38. The maximum Gasteiger partial charge on any atom is 0.0706 e. The zero-order valence-electron chi connectivity index (χ0n) is 13.4. The van der Waals surface area contributed by atoms with Crippen LogP contribution in [0, 0.1) is 17.8 Å². The molecule has 1 fully saturated rings. The number of hydrogen-bond donors (Lipinski definition) is 1. The summed E-state index contributed by atoms with van der Waals surface area (Å²) >= 11 is 0. The molecule has 1 aliphatic rings. The van der Waals surface area contributed by atoms with Crippen LogP contribution < -0.4 is 5.32 Å². The lowest BCUT2D eigenvalue weighted by Crippen LogP contribution is -2.42. The topological polar surface area (TPSA) is 29.3 Å². The van der Waals surface area contributed by atoms with Crippen molar-refractivity contribution in [1.29, 1.82) is 0 Å². The highest BCUT2D eigenvalue weighted by atomic mass is 15.2. The summed E-state index contributed by atoms with van der Waals surface area (Å²) in [6.07, 6.45) is 8.07. The molecule has 0 amide bonds. The molecule has 1 aliphatic carbocycles. The molecule has 3 heteroatoms. The molecule has 0 radical (unpaired) electrons. The van der Waals surface area contributed by atoms with Crippen molar-refractivity contribution in [2.45, 2.75) is 52.6 Å². The molecule has 21 heavy (non-hydrogen) atoms. The second-order valence-corrected chi connectivity index (χ2v) is 7.01. The number of fused-ring (bicyclic) bond motifs is 1. The minimum atomic E-state index is 0.646. The average molecular weight is 285 g/mol. The molecule has 2 aromatic rings. The summed E-state index contributed by atoms with van der Waals surface area (Å²) in [7, 11) is 0. The Kier molecular flexibility index (Phi) is 4.29. The number of aromatic nitrogens is 2. The maximum atomic E-state index is 4.43. The number of pyridine rings is 1. The molecular formula is C18H27N3. The second kappa shape index (κ2) is 6.18. The third-order valence-electron chi connectivity index (χ3n) is 5.08. The van der Waals surface area contributed by atoms with Gasteiger partial charge in [-0.05, 0) is 42.7 Å². The first-order valence-electron chi connectivity index (χ1n) is 8.29. The van der Waals surface area contributed by atoms with Crippen LogP contribution in [0.5, 0.6) is 0 Å². The van der Waals surface area contributed by atoms with E-state index in [1.54, 1.807) is 0 Å². The fraction of sp³-hybridized carbons (Fsp3) is 0.611. The molecule has 114 valence electrons. The van der Waals surface area contributed by atoms with Gasteiger partial charge in [0.05, 0.1) is 11.7 Å². The summed E-state index contributed by atoms with van der Waals surface area (Å²) in [5.41, 5.74) is 2.52. The van der Waals surface area contributed by atoms with Gasteiger partial charge in [-0.1, -0.05) is 33.3 Å². The number of nitrogens with zero attached hydrogens (tertiary/aromatic N) is 2. The summed E-state index contributed by atoms with van der Waals surface area (Å²) in [5, 5.41) is 8.25. The van der Waals surface area contributed by atoms with Gasteiger partial charge in [-0.3, -0.25) is 0 Å². The fourth-order valence-electron chi connectivity index (χ4n) is 3.80. The summed E-state index contributed by atoms with van der Waals surface area (Å²) < 4.78 is 1.96. The van der Waals surface area contributed by atoms with Crippen molar-refractivity contribution in [2.75, 3.05) is 0 Å². The van der Waals surface area contributed by atoms with Crippen LogP contribution in [0.2, 0.25) is 0 Å². The van der Waals surface area contributed by atoms with E-state index in [1.807, 2.05) is 23.0 Å². The highest BCUT2D eigenvalue weighted by molar-refractivity contribution is 5.53. The Morgan fingerprint density at radius 3 is 3.00 bits per heavy atom. The molecule has 3 unspecified atom stereocenters. The van der Waals surface area contributed by atoms with Crippen LogP contribution in [0.25, 0.3) is 5.52 Å². The molecule has 1 saturated carbocycles. The van der Waals surface area contributed by atoms with Gasteiger partial charge in [-0.25, -0.2) is 4.52 Å². The Morgan fingerprint density at radius 1 is 1.33 bits per heavy atom. The molecule has 0 aromatic carbocycles. The first-order chi connectivity index (χ1) is 10.1. The van der Waals surface area contributed by atoms with E-state index < -0.39 is 0 Å². The summed E-state index contributed by atoms with van der Waals surface area (Å²) in [4.78, 5) is 0. The molecule has 3 atom stereocenters. The van der Waals surface area contributed by atoms with Crippen molar-refractivity contribution in [1.82, 2.24) is 14.9 Å². The van der Waals surface area contributed by atoms with Crippen molar-refractivity contribution >= 4 is 5.52 Å². The molecular weight excluding hydrogens is 258 g/mol. The van der Waals surface area contributed by atoms with E-state index in [9.17, 15) is 0 Å². The van der Waals surface area contributed by atoms with Gasteiger partial charge in [0.15, 0.2) is 0 Å². The predicted octanol–water partition coefficient (Wildman–Crippen LogP) is 3.88. The summed E-state index contributed by atoms with van der Waals surface area (Å²) in [6, 6.07) is 6.90. The minimum absolute atomic E-state index is 0.646. The van der Waals surface area contributed by atoms with Crippen LogP contribution >= 0.6 is 0 Å². The van der Waals surface area contributed by atoms with E-state index in [0.717, 1.165) is 24.3 Å². The van der Waals surface area contributed by atoms with Crippen LogP contribution in [-0.2, 0) is 6.54 Å². The van der Waals surface area contributed by atoms with Crippen molar-refractivity contribution < 1.29 is 0 Å². The molecule has 2 heterocycles. The minimum Gasteiger partial charge on any atom is -0.309 e. The predicted molar refractivity (Wildman–Crippen MR) is 87.2 cm³/mol. The van der Waals surface area contributed by atoms with Crippen LogP contribution in [-0.4, -0.2) is 15.7 Å². The Morgan fingerprint density at radius 2 is 2.19 bits per heavy atom. The van der Waals surface area contributed by atoms with E-state index in [2.05, 4.69) is 43.3 Å². The Hall–Kier alpha value is -1.35. The lowest BCUT2D eigenvalue weighted by atomic mass is 9.74. The van der Waals surface area contributed by atoms with Gasteiger partial charge in [0.2, 0.25) is 0 Å². The van der Waals surface area contributed by atoms with Crippen molar-refractivity contribution in [2.24, 2.45) is 17.8 Å². The van der Waals surface area contributed by atoms with Crippen molar-refractivity contribution in [3.63, 3.8) is 0 Å².